The predicted molar refractivity (Wildman–Crippen MR) is 73.6 cm³/mol. The van der Waals surface area contributed by atoms with Gasteiger partial charge < -0.3 is 10.0 Å². The third-order valence-electron chi connectivity index (χ3n) is 3.56. The topological polar surface area (TPSA) is 57.6 Å². The molecule has 1 aliphatic heterocycles. The first-order valence-corrected chi connectivity index (χ1v) is 6.90. The molecule has 0 radical (unpaired) electrons. The van der Waals surface area contributed by atoms with Crippen molar-refractivity contribution in [3.05, 3.63) is 34.7 Å². The molecule has 1 aromatic carbocycles. The molecule has 0 aliphatic carbocycles. The van der Waals surface area contributed by atoms with Gasteiger partial charge in [0.15, 0.2) is 0 Å². The number of aryl methyl sites for hydroxylation is 1. The molecule has 19 heavy (non-hydrogen) atoms. The number of aliphatic carboxylic acids is 1. The fourth-order valence-corrected chi connectivity index (χ4v) is 3.50. The largest absolute Gasteiger partial charge is 0.481 e. The Balaban J connectivity index is 1.87. The Labute approximate surface area is 114 Å². The molecule has 98 valence electrons. The molecule has 0 unspecified atom stereocenters. The van der Waals surface area contributed by atoms with Gasteiger partial charge in [0.25, 0.3) is 5.91 Å². The van der Waals surface area contributed by atoms with Crippen molar-refractivity contribution in [2.24, 2.45) is 5.92 Å². The Kier molecular flexibility index (Phi) is 2.78. The van der Waals surface area contributed by atoms with Crippen molar-refractivity contribution in [1.82, 2.24) is 4.90 Å². The molecule has 4 nitrogen and oxygen atoms in total. The number of hydrogen-bond acceptors (Lipinski definition) is 3. The number of thiophene rings is 1. The number of likely N-dealkylation sites (tertiary alicyclic amines) is 1. The summed E-state index contributed by atoms with van der Waals surface area (Å²) in [5.41, 5.74) is 0.990. The van der Waals surface area contributed by atoms with E-state index in [1.54, 1.807) is 4.90 Å². The van der Waals surface area contributed by atoms with Crippen molar-refractivity contribution in [2.75, 3.05) is 13.1 Å². The molecule has 1 fully saturated rings. The number of carboxylic acids is 1. The second-order valence-electron chi connectivity index (χ2n) is 4.80. The fraction of sp³-hybridized carbons (Fsp3) is 0.286. The van der Waals surface area contributed by atoms with Gasteiger partial charge in [0.05, 0.1) is 10.8 Å². The smallest absolute Gasteiger partial charge is 0.310 e. The molecular weight excluding hydrogens is 262 g/mol. The van der Waals surface area contributed by atoms with Crippen molar-refractivity contribution in [3.63, 3.8) is 0 Å². The first kappa shape index (κ1) is 12.2. The Morgan fingerprint density at radius 3 is 2.63 bits per heavy atom. The lowest BCUT2D eigenvalue weighted by Gasteiger charge is -2.36. The number of benzene rings is 1. The lowest BCUT2D eigenvalue weighted by molar-refractivity contribution is -0.146. The van der Waals surface area contributed by atoms with Gasteiger partial charge in [0.2, 0.25) is 0 Å². The van der Waals surface area contributed by atoms with E-state index in [9.17, 15) is 9.59 Å². The van der Waals surface area contributed by atoms with Crippen LogP contribution in [0.3, 0.4) is 0 Å². The molecule has 0 saturated carbocycles. The molecule has 2 heterocycles. The Morgan fingerprint density at radius 1 is 1.32 bits per heavy atom. The van der Waals surface area contributed by atoms with E-state index < -0.39 is 11.9 Å². The molecule has 3 rings (SSSR count). The van der Waals surface area contributed by atoms with E-state index in [1.165, 1.54) is 11.3 Å². The molecule has 1 aliphatic rings. The van der Waals surface area contributed by atoms with Crippen LogP contribution >= 0.6 is 11.3 Å². The van der Waals surface area contributed by atoms with Gasteiger partial charge in [-0.15, -0.1) is 11.3 Å². The molecule has 1 amide bonds. The molecule has 1 saturated heterocycles. The highest BCUT2D eigenvalue weighted by molar-refractivity contribution is 7.21. The van der Waals surface area contributed by atoms with Crippen molar-refractivity contribution in [2.45, 2.75) is 6.92 Å². The van der Waals surface area contributed by atoms with E-state index in [1.807, 2.05) is 31.2 Å². The average Bonchev–Trinajstić information content (AvgIpc) is 2.65. The van der Waals surface area contributed by atoms with Crippen LogP contribution in [-0.2, 0) is 4.79 Å². The highest BCUT2D eigenvalue weighted by Crippen LogP contribution is 2.32. The van der Waals surface area contributed by atoms with Crippen LogP contribution in [0.15, 0.2) is 24.3 Å². The third kappa shape index (κ3) is 1.90. The van der Waals surface area contributed by atoms with Crippen LogP contribution in [-0.4, -0.2) is 35.0 Å². The van der Waals surface area contributed by atoms with Crippen molar-refractivity contribution >= 4 is 33.3 Å². The van der Waals surface area contributed by atoms with Crippen molar-refractivity contribution in [1.29, 1.82) is 0 Å². The quantitative estimate of drug-likeness (QED) is 0.915. The van der Waals surface area contributed by atoms with Crippen LogP contribution in [0.1, 0.15) is 15.2 Å². The van der Waals surface area contributed by atoms with Gasteiger partial charge in [-0.25, -0.2) is 0 Å². The summed E-state index contributed by atoms with van der Waals surface area (Å²) < 4.78 is 1.10. The summed E-state index contributed by atoms with van der Waals surface area (Å²) in [4.78, 5) is 25.4. The minimum atomic E-state index is -0.822. The summed E-state index contributed by atoms with van der Waals surface area (Å²) >= 11 is 1.48. The Morgan fingerprint density at radius 2 is 2.00 bits per heavy atom. The highest BCUT2D eigenvalue weighted by atomic mass is 32.1. The van der Waals surface area contributed by atoms with Gasteiger partial charge in [-0.3, -0.25) is 9.59 Å². The summed E-state index contributed by atoms with van der Waals surface area (Å²) in [7, 11) is 0. The molecular formula is C14H13NO3S. The molecule has 0 spiro atoms. The Hall–Kier alpha value is -1.88. The van der Waals surface area contributed by atoms with E-state index in [4.69, 9.17) is 5.11 Å². The number of rotatable bonds is 2. The zero-order valence-electron chi connectivity index (χ0n) is 10.4. The predicted octanol–water partition coefficient (Wildman–Crippen LogP) is 2.37. The lowest BCUT2D eigenvalue weighted by Crippen LogP contribution is -2.52. The Bertz CT molecular complexity index is 670. The van der Waals surface area contributed by atoms with Crippen molar-refractivity contribution < 1.29 is 14.7 Å². The molecule has 0 atom stereocenters. The number of fused-ring (bicyclic) bond motifs is 1. The van der Waals surface area contributed by atoms with Crippen LogP contribution in [0.25, 0.3) is 10.1 Å². The summed E-state index contributed by atoms with van der Waals surface area (Å²) in [5.74, 6) is -1.27. The van der Waals surface area contributed by atoms with Gasteiger partial charge in [0, 0.05) is 17.8 Å². The first-order valence-electron chi connectivity index (χ1n) is 6.08. The molecule has 1 N–H and O–H groups in total. The second-order valence-corrected chi connectivity index (χ2v) is 5.85. The maximum Gasteiger partial charge on any atom is 0.310 e. The van der Waals surface area contributed by atoms with E-state index in [0.29, 0.717) is 13.1 Å². The summed E-state index contributed by atoms with van der Waals surface area (Å²) in [6.07, 6.45) is 0. The van der Waals surface area contributed by atoms with E-state index in [2.05, 4.69) is 0 Å². The second kappa shape index (κ2) is 4.35. The van der Waals surface area contributed by atoms with Crippen LogP contribution in [0.2, 0.25) is 0 Å². The van der Waals surface area contributed by atoms with Crippen LogP contribution < -0.4 is 0 Å². The number of amides is 1. The van der Waals surface area contributed by atoms with E-state index in [0.717, 1.165) is 20.5 Å². The van der Waals surface area contributed by atoms with Gasteiger partial charge in [-0.1, -0.05) is 18.2 Å². The van der Waals surface area contributed by atoms with Gasteiger partial charge in [-0.05, 0) is 23.9 Å². The zero-order chi connectivity index (χ0) is 13.6. The summed E-state index contributed by atoms with van der Waals surface area (Å²) in [5, 5.41) is 9.94. The maximum atomic E-state index is 12.3. The zero-order valence-corrected chi connectivity index (χ0v) is 11.2. The van der Waals surface area contributed by atoms with Gasteiger partial charge >= 0.3 is 5.97 Å². The number of carbonyl (C=O) groups is 2. The van der Waals surface area contributed by atoms with E-state index in [-0.39, 0.29) is 5.91 Å². The number of carbonyl (C=O) groups excluding carboxylic acids is 1. The molecule has 5 heteroatoms. The average molecular weight is 275 g/mol. The first-order chi connectivity index (χ1) is 9.08. The minimum absolute atomic E-state index is 0.0452. The van der Waals surface area contributed by atoms with Crippen LogP contribution in [0.4, 0.5) is 0 Å². The number of hydrogen-bond donors (Lipinski definition) is 1. The molecule has 0 bridgehead atoms. The van der Waals surface area contributed by atoms with Crippen LogP contribution in [0.5, 0.6) is 0 Å². The highest BCUT2D eigenvalue weighted by Gasteiger charge is 2.37. The van der Waals surface area contributed by atoms with Crippen molar-refractivity contribution in [3.8, 4) is 0 Å². The minimum Gasteiger partial charge on any atom is -0.481 e. The monoisotopic (exact) mass is 275 g/mol. The summed E-state index contributed by atoms with van der Waals surface area (Å²) in [6, 6.07) is 7.92. The standard InChI is InChI=1S/C14H13NO3S/c1-8-10-4-2-3-5-11(10)19-12(8)13(16)15-6-9(7-15)14(17)18/h2-5,9H,6-7H2,1H3,(H,17,18). The lowest BCUT2D eigenvalue weighted by atomic mass is 10.00. The van der Waals surface area contributed by atoms with E-state index >= 15 is 0 Å². The maximum absolute atomic E-state index is 12.3. The molecule has 2 aromatic rings. The normalized spacial score (nSPS) is 15.5. The summed E-state index contributed by atoms with van der Waals surface area (Å²) in [6.45, 7) is 2.59. The number of carboxylic acid groups (broad SMARTS) is 1. The van der Waals surface area contributed by atoms with Gasteiger partial charge in [0.1, 0.15) is 0 Å². The fourth-order valence-electron chi connectivity index (χ4n) is 2.32. The van der Waals surface area contributed by atoms with Gasteiger partial charge in [-0.2, -0.15) is 0 Å². The molecule has 1 aromatic heterocycles. The third-order valence-corrected chi connectivity index (χ3v) is 4.82. The van der Waals surface area contributed by atoms with Crippen LogP contribution in [0, 0.1) is 12.8 Å². The number of nitrogens with zero attached hydrogens (tertiary/aromatic N) is 1. The SMILES string of the molecule is Cc1c(C(=O)N2CC(C(=O)O)C2)sc2ccccc12.